The Hall–Kier alpha value is -3.22. The van der Waals surface area contributed by atoms with Gasteiger partial charge in [-0.15, -0.1) is 0 Å². The molecule has 0 aliphatic carbocycles. The van der Waals surface area contributed by atoms with Crippen LogP contribution in [0.4, 0.5) is 4.39 Å². The van der Waals surface area contributed by atoms with E-state index in [9.17, 15) is 18.8 Å². The van der Waals surface area contributed by atoms with Gasteiger partial charge in [-0.2, -0.15) is 0 Å². The third-order valence-corrected chi connectivity index (χ3v) is 5.02. The summed E-state index contributed by atoms with van der Waals surface area (Å²) in [5.41, 5.74) is 1.93. The second-order valence-electron chi connectivity index (χ2n) is 7.01. The van der Waals surface area contributed by atoms with Crippen LogP contribution >= 0.6 is 0 Å². The Bertz CT molecular complexity index is 873. The molecule has 1 N–H and O–H groups in total. The van der Waals surface area contributed by atoms with Crippen LogP contribution in [0.25, 0.3) is 0 Å². The molecule has 3 rings (SSSR count). The highest BCUT2D eigenvalue weighted by Gasteiger charge is 2.23. The second kappa shape index (κ2) is 9.32. The summed E-state index contributed by atoms with van der Waals surface area (Å²) in [5, 5.41) is 2.82. The zero-order chi connectivity index (χ0) is 20.8. The lowest BCUT2D eigenvalue weighted by molar-refractivity contribution is -0.130. The third-order valence-electron chi connectivity index (χ3n) is 5.02. The maximum atomic E-state index is 12.9. The molecule has 0 saturated carbocycles. The first kappa shape index (κ1) is 20.5. The zero-order valence-corrected chi connectivity index (χ0v) is 16.4. The molecule has 0 aromatic heterocycles. The molecule has 2 aromatic carbocycles. The van der Waals surface area contributed by atoms with E-state index < -0.39 is 0 Å². The summed E-state index contributed by atoms with van der Waals surface area (Å²) in [4.78, 5) is 39.7. The highest BCUT2D eigenvalue weighted by atomic mass is 19.1. The molecule has 152 valence electrons. The molecular weight excluding hydrogens is 373 g/mol. The number of halogens is 1. The van der Waals surface area contributed by atoms with Gasteiger partial charge >= 0.3 is 0 Å². The lowest BCUT2D eigenvalue weighted by Crippen LogP contribution is -2.50. The molecule has 1 saturated heterocycles. The largest absolute Gasteiger partial charge is 0.352 e. The van der Waals surface area contributed by atoms with Crippen LogP contribution in [0.5, 0.6) is 0 Å². The molecular formula is C22H24FN3O3. The molecule has 0 unspecified atom stereocenters. The van der Waals surface area contributed by atoms with Gasteiger partial charge < -0.3 is 15.1 Å². The Kier molecular flexibility index (Phi) is 6.59. The van der Waals surface area contributed by atoms with Crippen LogP contribution in [0.3, 0.4) is 0 Å². The Morgan fingerprint density at radius 1 is 0.862 bits per heavy atom. The van der Waals surface area contributed by atoms with Crippen LogP contribution in [-0.4, -0.2) is 60.2 Å². The highest BCUT2D eigenvalue weighted by molar-refractivity contribution is 5.97. The van der Waals surface area contributed by atoms with Gasteiger partial charge in [-0.3, -0.25) is 14.4 Å². The number of rotatable bonds is 5. The third kappa shape index (κ3) is 5.40. The van der Waals surface area contributed by atoms with Gasteiger partial charge in [0, 0.05) is 50.8 Å². The van der Waals surface area contributed by atoms with Crippen molar-refractivity contribution in [2.75, 3.05) is 32.7 Å². The summed E-state index contributed by atoms with van der Waals surface area (Å²) in [6.45, 7) is 4.05. The van der Waals surface area contributed by atoms with Crippen molar-refractivity contribution in [3.63, 3.8) is 0 Å². The number of carbonyl (C=O) groups excluding carboxylic acids is 3. The fourth-order valence-corrected chi connectivity index (χ4v) is 3.24. The summed E-state index contributed by atoms with van der Waals surface area (Å²) in [5.74, 6) is -0.585. The Morgan fingerprint density at radius 2 is 1.41 bits per heavy atom. The number of amides is 3. The van der Waals surface area contributed by atoms with Gasteiger partial charge in [-0.05, 0) is 48.4 Å². The van der Waals surface area contributed by atoms with E-state index in [0.29, 0.717) is 50.3 Å². The van der Waals surface area contributed by atoms with Crippen molar-refractivity contribution in [2.45, 2.75) is 13.3 Å². The monoisotopic (exact) mass is 397 g/mol. The Morgan fingerprint density at radius 3 is 2.00 bits per heavy atom. The quantitative estimate of drug-likeness (QED) is 0.840. The van der Waals surface area contributed by atoms with E-state index in [-0.39, 0.29) is 23.5 Å². The molecule has 0 bridgehead atoms. The topological polar surface area (TPSA) is 69.7 Å². The Labute approximate surface area is 169 Å². The minimum atomic E-state index is -0.284. The molecule has 0 radical (unpaired) electrons. The van der Waals surface area contributed by atoms with Crippen molar-refractivity contribution >= 4 is 17.7 Å². The summed E-state index contributed by atoms with van der Waals surface area (Å²) >= 11 is 0. The number of hydrogen-bond acceptors (Lipinski definition) is 3. The maximum Gasteiger partial charge on any atom is 0.253 e. The molecule has 1 heterocycles. The number of carbonyl (C=O) groups is 3. The molecule has 1 fully saturated rings. The summed E-state index contributed by atoms with van der Waals surface area (Å²) in [6.07, 6.45) is 0.606. The normalized spacial score (nSPS) is 13.9. The standard InChI is InChI=1S/C22H24FN3O3/c1-16(27)25-12-14-26(15-13-25)22(29)19-6-4-18(5-7-19)21(28)24-11-10-17-2-8-20(23)9-3-17/h2-9H,10-15H2,1H3,(H,24,28). The molecule has 7 heteroatoms. The number of piperazine rings is 1. The predicted octanol–water partition coefficient (Wildman–Crippen LogP) is 2.10. The average Bonchev–Trinajstić information content (AvgIpc) is 2.74. The second-order valence-corrected chi connectivity index (χ2v) is 7.01. The van der Waals surface area contributed by atoms with Crippen molar-refractivity contribution in [2.24, 2.45) is 0 Å². The molecule has 1 aliphatic rings. The van der Waals surface area contributed by atoms with Gasteiger partial charge in [-0.1, -0.05) is 12.1 Å². The van der Waals surface area contributed by atoms with Crippen molar-refractivity contribution in [1.29, 1.82) is 0 Å². The summed E-state index contributed by atoms with van der Waals surface area (Å²) in [7, 11) is 0. The van der Waals surface area contributed by atoms with Crippen LogP contribution in [0, 0.1) is 5.82 Å². The summed E-state index contributed by atoms with van der Waals surface area (Å²) in [6, 6.07) is 12.7. The first-order valence-electron chi connectivity index (χ1n) is 9.61. The number of nitrogens with one attached hydrogen (secondary N) is 1. The number of nitrogens with zero attached hydrogens (tertiary/aromatic N) is 2. The van der Waals surface area contributed by atoms with Crippen molar-refractivity contribution < 1.29 is 18.8 Å². The lowest BCUT2D eigenvalue weighted by Gasteiger charge is -2.34. The lowest BCUT2D eigenvalue weighted by atomic mass is 10.1. The fourth-order valence-electron chi connectivity index (χ4n) is 3.24. The van der Waals surface area contributed by atoms with Gasteiger partial charge in [0.25, 0.3) is 11.8 Å². The molecule has 6 nitrogen and oxygen atoms in total. The summed E-state index contributed by atoms with van der Waals surface area (Å²) < 4.78 is 12.9. The van der Waals surface area contributed by atoms with Crippen LogP contribution in [0.2, 0.25) is 0 Å². The van der Waals surface area contributed by atoms with Gasteiger partial charge in [0.2, 0.25) is 5.91 Å². The van der Waals surface area contributed by atoms with Gasteiger partial charge in [0.1, 0.15) is 5.82 Å². The minimum Gasteiger partial charge on any atom is -0.352 e. The SMILES string of the molecule is CC(=O)N1CCN(C(=O)c2ccc(C(=O)NCCc3ccc(F)cc3)cc2)CC1. The van der Waals surface area contributed by atoms with Gasteiger partial charge in [-0.25, -0.2) is 4.39 Å². The van der Waals surface area contributed by atoms with Gasteiger partial charge in [0.15, 0.2) is 0 Å². The molecule has 0 atom stereocenters. The van der Waals surface area contributed by atoms with Crippen LogP contribution in [-0.2, 0) is 11.2 Å². The smallest absolute Gasteiger partial charge is 0.253 e. The molecule has 2 aromatic rings. The van der Waals surface area contributed by atoms with E-state index in [4.69, 9.17) is 0 Å². The first-order chi connectivity index (χ1) is 13.9. The number of hydrogen-bond donors (Lipinski definition) is 1. The predicted molar refractivity (Wildman–Crippen MR) is 107 cm³/mol. The zero-order valence-electron chi connectivity index (χ0n) is 16.4. The van der Waals surface area contributed by atoms with Crippen molar-refractivity contribution in [1.82, 2.24) is 15.1 Å². The van der Waals surface area contributed by atoms with Crippen LogP contribution in [0.15, 0.2) is 48.5 Å². The van der Waals surface area contributed by atoms with E-state index in [0.717, 1.165) is 5.56 Å². The molecule has 0 spiro atoms. The van der Waals surface area contributed by atoms with E-state index in [2.05, 4.69) is 5.32 Å². The molecule has 1 aliphatic heterocycles. The fraction of sp³-hybridized carbons (Fsp3) is 0.318. The molecule has 29 heavy (non-hydrogen) atoms. The Balaban J connectivity index is 1.50. The van der Waals surface area contributed by atoms with E-state index in [1.54, 1.807) is 46.2 Å². The molecule has 3 amide bonds. The maximum absolute atomic E-state index is 12.9. The van der Waals surface area contributed by atoms with Gasteiger partial charge in [0.05, 0.1) is 0 Å². The van der Waals surface area contributed by atoms with Crippen molar-refractivity contribution in [3.8, 4) is 0 Å². The average molecular weight is 397 g/mol. The number of benzene rings is 2. The van der Waals surface area contributed by atoms with E-state index >= 15 is 0 Å². The van der Waals surface area contributed by atoms with E-state index in [1.807, 2.05) is 0 Å². The van der Waals surface area contributed by atoms with E-state index in [1.165, 1.54) is 19.1 Å². The first-order valence-corrected chi connectivity index (χ1v) is 9.61. The minimum absolute atomic E-state index is 0.0203. The highest BCUT2D eigenvalue weighted by Crippen LogP contribution is 2.11. The van der Waals surface area contributed by atoms with Crippen LogP contribution < -0.4 is 5.32 Å². The van der Waals surface area contributed by atoms with Crippen LogP contribution in [0.1, 0.15) is 33.2 Å². The van der Waals surface area contributed by atoms with Crippen molar-refractivity contribution in [3.05, 3.63) is 71.0 Å².